The van der Waals surface area contributed by atoms with Gasteiger partial charge in [-0.3, -0.25) is 0 Å². The number of aromatic hydroxyl groups is 1. The summed E-state index contributed by atoms with van der Waals surface area (Å²) in [6.45, 7) is 0.902. The zero-order valence-electron chi connectivity index (χ0n) is 15.8. The van der Waals surface area contributed by atoms with Crippen molar-refractivity contribution in [2.45, 2.75) is 25.9 Å². The summed E-state index contributed by atoms with van der Waals surface area (Å²) in [7, 11) is 0. The number of carbonyl (C=O) groups excluding carboxylic acids is 1. The molecule has 3 rings (SSSR count). The molecule has 0 unspecified atom stereocenters. The maximum atomic E-state index is 11.7. The van der Waals surface area contributed by atoms with E-state index in [9.17, 15) is 9.90 Å². The van der Waals surface area contributed by atoms with E-state index in [-0.39, 0.29) is 11.8 Å². The van der Waals surface area contributed by atoms with E-state index in [2.05, 4.69) is 29.6 Å². The lowest BCUT2D eigenvalue weighted by Gasteiger charge is -2.08. The number of hydrogen-bond donors (Lipinski definition) is 2. The van der Waals surface area contributed by atoms with Crippen LogP contribution < -0.4 is 5.32 Å². The molecular formula is C24H25NO3. The summed E-state index contributed by atoms with van der Waals surface area (Å²) < 4.78 is 5.19. The highest BCUT2D eigenvalue weighted by Crippen LogP contribution is 2.22. The molecule has 28 heavy (non-hydrogen) atoms. The number of benzene rings is 3. The Morgan fingerprint density at radius 1 is 0.786 bits per heavy atom. The quantitative estimate of drug-likeness (QED) is 0.525. The Morgan fingerprint density at radius 2 is 1.43 bits per heavy atom. The van der Waals surface area contributed by atoms with Crippen molar-refractivity contribution < 1.29 is 14.6 Å². The smallest absolute Gasteiger partial charge is 0.407 e. The lowest BCUT2D eigenvalue weighted by Crippen LogP contribution is -2.25. The van der Waals surface area contributed by atoms with Gasteiger partial charge in [-0.1, -0.05) is 66.7 Å². The van der Waals surface area contributed by atoms with Crippen LogP contribution in [0.25, 0.3) is 11.1 Å². The third-order valence-corrected chi connectivity index (χ3v) is 4.53. The third-order valence-electron chi connectivity index (χ3n) is 4.53. The summed E-state index contributed by atoms with van der Waals surface area (Å²) in [5, 5.41) is 12.2. The molecule has 0 atom stereocenters. The lowest BCUT2D eigenvalue weighted by molar-refractivity contribution is 0.139. The summed E-state index contributed by atoms with van der Waals surface area (Å²) >= 11 is 0. The molecule has 0 bridgehead atoms. The number of phenolic OH excluding ortho intramolecular Hbond substituents is 1. The van der Waals surface area contributed by atoms with E-state index < -0.39 is 0 Å². The van der Waals surface area contributed by atoms with E-state index in [0.717, 1.165) is 36.0 Å². The number of hydrogen-bond acceptors (Lipinski definition) is 3. The van der Waals surface area contributed by atoms with Gasteiger partial charge in [-0.2, -0.15) is 0 Å². The number of ether oxygens (including phenoxy) is 1. The average Bonchev–Trinajstić information content (AvgIpc) is 2.74. The number of rotatable bonds is 8. The fourth-order valence-electron chi connectivity index (χ4n) is 2.94. The highest BCUT2D eigenvalue weighted by molar-refractivity contribution is 5.67. The normalized spacial score (nSPS) is 10.4. The van der Waals surface area contributed by atoms with Crippen molar-refractivity contribution in [3.8, 4) is 16.9 Å². The van der Waals surface area contributed by atoms with E-state index in [0.29, 0.717) is 13.2 Å². The fourth-order valence-corrected chi connectivity index (χ4v) is 2.94. The van der Waals surface area contributed by atoms with E-state index in [1.165, 1.54) is 5.56 Å². The van der Waals surface area contributed by atoms with Crippen molar-refractivity contribution in [2.75, 3.05) is 6.54 Å². The van der Waals surface area contributed by atoms with E-state index in [1.807, 2.05) is 42.5 Å². The predicted molar refractivity (Wildman–Crippen MR) is 111 cm³/mol. The van der Waals surface area contributed by atoms with Crippen LogP contribution in [0.3, 0.4) is 0 Å². The molecule has 0 aliphatic heterocycles. The van der Waals surface area contributed by atoms with Crippen LogP contribution in [0.4, 0.5) is 4.79 Å². The predicted octanol–water partition coefficient (Wildman–Crippen LogP) is 5.31. The van der Waals surface area contributed by atoms with Crippen LogP contribution in [0, 0.1) is 0 Å². The molecule has 2 N–H and O–H groups in total. The molecule has 1 amide bonds. The molecule has 144 valence electrons. The monoisotopic (exact) mass is 375 g/mol. The minimum absolute atomic E-state index is 0.276. The topological polar surface area (TPSA) is 58.6 Å². The number of aryl methyl sites for hydroxylation is 1. The summed E-state index contributed by atoms with van der Waals surface area (Å²) in [6.07, 6.45) is 2.50. The molecule has 0 aliphatic carbocycles. The second-order valence-corrected chi connectivity index (χ2v) is 6.69. The number of alkyl carbamates (subject to hydrolysis) is 1. The van der Waals surface area contributed by atoms with Gasteiger partial charge in [0, 0.05) is 6.54 Å². The highest BCUT2D eigenvalue weighted by Gasteiger charge is 2.02. The molecule has 4 heteroatoms. The Hall–Kier alpha value is -3.27. The van der Waals surface area contributed by atoms with Crippen LogP contribution >= 0.6 is 0 Å². The maximum absolute atomic E-state index is 11.7. The Balaban J connectivity index is 1.32. The van der Waals surface area contributed by atoms with Gasteiger partial charge in [0.15, 0.2) is 0 Å². The van der Waals surface area contributed by atoms with Crippen LogP contribution in [0.1, 0.15) is 24.0 Å². The van der Waals surface area contributed by atoms with Gasteiger partial charge < -0.3 is 15.2 Å². The van der Waals surface area contributed by atoms with Crippen LogP contribution in [-0.2, 0) is 17.8 Å². The minimum Gasteiger partial charge on any atom is -0.508 e. The number of carbonyl (C=O) groups is 1. The van der Waals surface area contributed by atoms with Gasteiger partial charge in [-0.15, -0.1) is 0 Å². The van der Waals surface area contributed by atoms with Crippen molar-refractivity contribution in [3.05, 3.63) is 90.0 Å². The molecule has 0 heterocycles. The molecule has 0 saturated heterocycles. The molecule has 0 aromatic heterocycles. The van der Waals surface area contributed by atoms with Gasteiger partial charge in [0.25, 0.3) is 0 Å². The standard InChI is InChI=1S/C24H25NO3/c26-23-15-13-22(14-16-23)21-11-9-19(10-12-21)6-4-5-17-25-24(27)28-18-20-7-2-1-3-8-20/h1-3,7-16,26H,4-6,17-18H2,(H,25,27). The van der Waals surface area contributed by atoms with Crippen molar-refractivity contribution in [1.29, 1.82) is 0 Å². The van der Waals surface area contributed by atoms with E-state index in [4.69, 9.17) is 4.74 Å². The van der Waals surface area contributed by atoms with Gasteiger partial charge in [0.05, 0.1) is 0 Å². The molecule has 3 aromatic rings. The molecule has 0 radical (unpaired) electrons. The van der Waals surface area contributed by atoms with Crippen LogP contribution in [0.5, 0.6) is 5.75 Å². The number of unbranched alkanes of at least 4 members (excludes halogenated alkanes) is 1. The molecule has 0 saturated carbocycles. The Morgan fingerprint density at radius 3 is 2.11 bits per heavy atom. The first-order valence-corrected chi connectivity index (χ1v) is 9.53. The fraction of sp³-hybridized carbons (Fsp3) is 0.208. The first kappa shape index (κ1) is 19.5. The van der Waals surface area contributed by atoms with Crippen molar-refractivity contribution in [3.63, 3.8) is 0 Å². The zero-order valence-corrected chi connectivity index (χ0v) is 15.8. The molecule has 0 aliphatic rings. The molecule has 3 aromatic carbocycles. The maximum Gasteiger partial charge on any atom is 0.407 e. The molecule has 0 fully saturated rings. The van der Waals surface area contributed by atoms with Gasteiger partial charge >= 0.3 is 6.09 Å². The summed E-state index contributed by atoms with van der Waals surface area (Å²) in [5.74, 6) is 0.276. The Kier molecular flexibility index (Phi) is 7.08. The lowest BCUT2D eigenvalue weighted by atomic mass is 10.0. The summed E-state index contributed by atoms with van der Waals surface area (Å²) in [6, 6.07) is 25.3. The van der Waals surface area contributed by atoms with Gasteiger partial charge in [-0.05, 0) is 53.6 Å². The Labute approximate surface area is 165 Å². The second-order valence-electron chi connectivity index (χ2n) is 6.69. The SMILES string of the molecule is O=C(NCCCCc1ccc(-c2ccc(O)cc2)cc1)OCc1ccccc1. The highest BCUT2D eigenvalue weighted by atomic mass is 16.5. The minimum atomic E-state index is -0.373. The van der Waals surface area contributed by atoms with Crippen LogP contribution in [0.2, 0.25) is 0 Å². The van der Waals surface area contributed by atoms with Crippen molar-refractivity contribution in [2.24, 2.45) is 0 Å². The Bertz CT molecular complexity index is 859. The average molecular weight is 375 g/mol. The van der Waals surface area contributed by atoms with Crippen LogP contribution in [0.15, 0.2) is 78.9 Å². The van der Waals surface area contributed by atoms with Crippen molar-refractivity contribution >= 4 is 6.09 Å². The summed E-state index contributed by atoms with van der Waals surface area (Å²) in [5.41, 5.74) is 4.47. The molecule has 4 nitrogen and oxygen atoms in total. The van der Waals surface area contributed by atoms with E-state index >= 15 is 0 Å². The molecular weight excluding hydrogens is 350 g/mol. The van der Waals surface area contributed by atoms with Gasteiger partial charge in [0.1, 0.15) is 12.4 Å². The van der Waals surface area contributed by atoms with Crippen molar-refractivity contribution in [1.82, 2.24) is 5.32 Å². The molecule has 0 spiro atoms. The third kappa shape index (κ3) is 6.16. The second kappa shape index (κ2) is 10.2. The number of amides is 1. The number of nitrogens with one attached hydrogen (secondary N) is 1. The zero-order chi connectivity index (χ0) is 19.6. The first-order valence-electron chi connectivity index (χ1n) is 9.53. The first-order chi connectivity index (χ1) is 13.7. The number of phenols is 1. The summed E-state index contributed by atoms with van der Waals surface area (Å²) in [4.78, 5) is 11.7. The van der Waals surface area contributed by atoms with Crippen LogP contribution in [-0.4, -0.2) is 17.7 Å². The van der Waals surface area contributed by atoms with E-state index in [1.54, 1.807) is 12.1 Å². The van der Waals surface area contributed by atoms with Gasteiger partial charge in [0.2, 0.25) is 0 Å². The largest absolute Gasteiger partial charge is 0.508 e. The van der Waals surface area contributed by atoms with Gasteiger partial charge in [-0.25, -0.2) is 4.79 Å².